The molecule has 0 radical (unpaired) electrons. The zero-order valence-corrected chi connectivity index (χ0v) is 14.6. The lowest BCUT2D eigenvalue weighted by Crippen LogP contribution is -2.34. The number of carbonyl (C=O) groups is 1. The van der Waals surface area contributed by atoms with Crippen LogP contribution in [0.15, 0.2) is 41.6 Å². The average molecular weight is 383 g/mol. The molecular formula is C16H19ClN4O5. The second kappa shape index (κ2) is 8.88. The third kappa shape index (κ3) is 4.65. The first kappa shape index (κ1) is 20.0. The molecule has 9 nitrogen and oxygen atoms in total. The molecule has 2 aromatic rings. The van der Waals surface area contributed by atoms with Crippen molar-refractivity contribution in [3.8, 4) is 0 Å². The van der Waals surface area contributed by atoms with Gasteiger partial charge in [-0.25, -0.2) is 14.5 Å². The normalized spacial score (nSPS) is 15.4. The second-order valence-corrected chi connectivity index (χ2v) is 5.85. The van der Waals surface area contributed by atoms with E-state index in [1.165, 1.54) is 6.20 Å². The summed E-state index contributed by atoms with van der Waals surface area (Å²) >= 11 is 5.99. The molecule has 2 rings (SSSR count). The van der Waals surface area contributed by atoms with E-state index in [1.54, 1.807) is 37.3 Å². The van der Waals surface area contributed by atoms with Crippen LogP contribution in [0.4, 0.5) is 0 Å². The summed E-state index contributed by atoms with van der Waals surface area (Å²) in [5.74, 6) is -0.292. The van der Waals surface area contributed by atoms with E-state index in [-0.39, 0.29) is 17.2 Å². The molecule has 0 saturated carbocycles. The van der Waals surface area contributed by atoms with Gasteiger partial charge in [0.25, 0.3) is 5.91 Å². The van der Waals surface area contributed by atoms with Crippen molar-refractivity contribution in [3.05, 3.63) is 53.6 Å². The van der Waals surface area contributed by atoms with Crippen molar-refractivity contribution in [2.45, 2.75) is 25.2 Å². The van der Waals surface area contributed by atoms with Crippen LogP contribution in [0.5, 0.6) is 0 Å². The highest BCUT2D eigenvalue weighted by molar-refractivity contribution is 6.18. The second-order valence-electron chi connectivity index (χ2n) is 5.49. The number of aliphatic hydroxyl groups is 4. The molecule has 0 aliphatic rings. The molecule has 0 saturated heterocycles. The molecule has 3 atom stereocenters. The van der Waals surface area contributed by atoms with Crippen molar-refractivity contribution in [2.24, 2.45) is 5.10 Å². The number of amides is 1. The highest BCUT2D eigenvalue weighted by Crippen LogP contribution is 2.20. The molecule has 0 aliphatic heterocycles. The molecule has 140 valence electrons. The van der Waals surface area contributed by atoms with Crippen LogP contribution in [0.25, 0.3) is 0 Å². The number of aromatic nitrogens is 2. The van der Waals surface area contributed by atoms with Crippen molar-refractivity contribution in [2.75, 3.05) is 6.61 Å². The summed E-state index contributed by atoms with van der Waals surface area (Å²) in [6.45, 7) is 0.820. The van der Waals surface area contributed by atoms with Gasteiger partial charge in [0.15, 0.2) is 5.82 Å². The minimum absolute atomic E-state index is 0.0288. The summed E-state index contributed by atoms with van der Waals surface area (Å²) < 4.78 is 1.03. The average Bonchev–Trinajstić information content (AvgIpc) is 3.06. The maximum atomic E-state index is 12.0. The molecule has 0 unspecified atom stereocenters. The van der Waals surface area contributed by atoms with E-state index in [4.69, 9.17) is 16.9 Å². The Morgan fingerprint density at radius 1 is 1.31 bits per heavy atom. The molecular weight excluding hydrogens is 364 g/mol. The summed E-state index contributed by atoms with van der Waals surface area (Å²) in [6.07, 6.45) is -3.52. The molecule has 1 heterocycles. The van der Waals surface area contributed by atoms with E-state index in [2.05, 4.69) is 15.5 Å². The summed E-state index contributed by atoms with van der Waals surface area (Å²) in [5.41, 5.74) is 3.01. The first-order chi connectivity index (χ1) is 12.3. The number of hydrazone groups is 1. The minimum atomic E-state index is -1.64. The molecule has 0 fully saturated rings. The standard InChI is InChI=1S/C16H19ClN4O5/c1-9(19-20-16(26)10-5-3-2-4-6-10)15-18-11(7-21(15)17)13(24)14(25)12(23)8-22/h2-7,12-14,22-25H,8H2,1H3,(H,20,26)/b19-9+/t12-,13-,14-/m1/s1. The fraction of sp³-hybridized carbons (Fsp3) is 0.312. The Bertz CT molecular complexity index is 780. The Balaban J connectivity index is 2.13. The predicted molar refractivity (Wildman–Crippen MR) is 93.7 cm³/mol. The van der Waals surface area contributed by atoms with Crippen molar-refractivity contribution in [1.29, 1.82) is 0 Å². The smallest absolute Gasteiger partial charge is 0.271 e. The van der Waals surface area contributed by atoms with Crippen LogP contribution in [0.3, 0.4) is 0 Å². The monoisotopic (exact) mass is 382 g/mol. The maximum absolute atomic E-state index is 12.0. The van der Waals surface area contributed by atoms with Gasteiger partial charge in [-0.15, -0.1) is 0 Å². The number of rotatable bonds is 7. The number of benzene rings is 1. The lowest BCUT2D eigenvalue weighted by Gasteiger charge is -2.19. The Morgan fingerprint density at radius 3 is 2.58 bits per heavy atom. The molecule has 1 aromatic heterocycles. The topological polar surface area (TPSA) is 140 Å². The molecule has 1 aromatic carbocycles. The van der Waals surface area contributed by atoms with Crippen LogP contribution in [0.2, 0.25) is 0 Å². The number of aliphatic hydroxyl groups excluding tert-OH is 4. The van der Waals surface area contributed by atoms with E-state index in [9.17, 15) is 20.1 Å². The zero-order chi connectivity index (χ0) is 19.3. The van der Waals surface area contributed by atoms with E-state index in [0.29, 0.717) is 5.56 Å². The fourth-order valence-electron chi connectivity index (χ4n) is 2.09. The molecule has 0 bridgehead atoms. The van der Waals surface area contributed by atoms with Gasteiger partial charge in [-0.1, -0.05) is 18.2 Å². The maximum Gasteiger partial charge on any atom is 0.271 e. The van der Waals surface area contributed by atoms with Crippen LogP contribution < -0.4 is 5.43 Å². The summed E-state index contributed by atoms with van der Waals surface area (Å²) in [7, 11) is 0. The number of imidazole rings is 1. The Morgan fingerprint density at radius 2 is 1.96 bits per heavy atom. The van der Waals surface area contributed by atoms with Crippen LogP contribution in [-0.4, -0.2) is 59.9 Å². The Kier molecular flexibility index (Phi) is 6.83. The SMILES string of the molecule is C/C(=N\NC(=O)c1ccccc1)c1nc([C@@H](O)[C@H](O)[C@H](O)CO)cn1Cl. The lowest BCUT2D eigenvalue weighted by atomic mass is 10.1. The first-order valence-electron chi connectivity index (χ1n) is 7.65. The van der Waals surface area contributed by atoms with Crippen molar-refractivity contribution >= 4 is 23.4 Å². The van der Waals surface area contributed by atoms with Gasteiger partial charge >= 0.3 is 0 Å². The van der Waals surface area contributed by atoms with Gasteiger partial charge < -0.3 is 20.4 Å². The van der Waals surface area contributed by atoms with Gasteiger partial charge in [-0.3, -0.25) is 4.79 Å². The summed E-state index contributed by atoms with van der Waals surface area (Å²) in [4.78, 5) is 16.0. The van der Waals surface area contributed by atoms with Gasteiger partial charge in [0.1, 0.15) is 24.0 Å². The molecule has 26 heavy (non-hydrogen) atoms. The highest BCUT2D eigenvalue weighted by Gasteiger charge is 2.28. The largest absolute Gasteiger partial charge is 0.394 e. The number of halogens is 1. The predicted octanol–water partition coefficient (Wildman–Crippen LogP) is -0.213. The van der Waals surface area contributed by atoms with Gasteiger partial charge in [0, 0.05) is 23.5 Å². The van der Waals surface area contributed by atoms with Crippen molar-refractivity contribution < 1.29 is 25.2 Å². The summed E-state index contributed by atoms with van der Waals surface area (Å²) in [6, 6.07) is 8.48. The number of hydrogen-bond acceptors (Lipinski definition) is 7. The Hall–Kier alpha value is -2.30. The van der Waals surface area contributed by atoms with E-state index >= 15 is 0 Å². The van der Waals surface area contributed by atoms with Gasteiger partial charge in [0.05, 0.1) is 12.3 Å². The first-order valence-corrected chi connectivity index (χ1v) is 7.99. The molecule has 1 amide bonds. The highest BCUT2D eigenvalue weighted by atomic mass is 35.5. The number of hydrogen-bond donors (Lipinski definition) is 5. The van der Waals surface area contributed by atoms with Gasteiger partial charge in [-0.2, -0.15) is 5.10 Å². The minimum Gasteiger partial charge on any atom is -0.394 e. The lowest BCUT2D eigenvalue weighted by molar-refractivity contribution is -0.0788. The third-order valence-electron chi connectivity index (χ3n) is 3.58. The van der Waals surface area contributed by atoms with E-state index in [1.807, 2.05) is 0 Å². The zero-order valence-electron chi connectivity index (χ0n) is 13.8. The third-order valence-corrected chi connectivity index (χ3v) is 3.83. The van der Waals surface area contributed by atoms with Gasteiger partial charge in [-0.05, 0) is 19.1 Å². The quantitative estimate of drug-likeness (QED) is 0.331. The summed E-state index contributed by atoms with van der Waals surface area (Å²) in [5, 5.41) is 41.9. The van der Waals surface area contributed by atoms with Gasteiger partial charge in [0.2, 0.25) is 0 Å². The van der Waals surface area contributed by atoms with E-state index in [0.717, 1.165) is 4.09 Å². The van der Waals surface area contributed by atoms with Crippen molar-refractivity contribution in [1.82, 2.24) is 14.5 Å². The number of nitrogens with zero attached hydrogens (tertiary/aromatic N) is 3. The molecule has 10 heteroatoms. The molecule has 0 spiro atoms. The number of carbonyl (C=O) groups excluding carboxylic acids is 1. The molecule has 0 aliphatic carbocycles. The van der Waals surface area contributed by atoms with Crippen LogP contribution in [-0.2, 0) is 0 Å². The van der Waals surface area contributed by atoms with Crippen LogP contribution in [0.1, 0.15) is 34.9 Å². The molecule has 5 N–H and O–H groups in total. The number of nitrogens with one attached hydrogen (secondary N) is 1. The Labute approximate surface area is 154 Å². The fourth-order valence-corrected chi connectivity index (χ4v) is 2.35. The van der Waals surface area contributed by atoms with Crippen molar-refractivity contribution in [3.63, 3.8) is 0 Å². The van der Waals surface area contributed by atoms with Crippen LogP contribution >= 0.6 is 11.8 Å². The van der Waals surface area contributed by atoms with E-state index < -0.39 is 30.8 Å². The van der Waals surface area contributed by atoms with Crippen LogP contribution in [0, 0.1) is 0 Å².